The zero-order valence-corrected chi connectivity index (χ0v) is 17.4. The molecule has 0 saturated carbocycles. The summed E-state index contributed by atoms with van der Waals surface area (Å²) in [5.74, 6) is 0.352. The summed E-state index contributed by atoms with van der Waals surface area (Å²) in [6.45, 7) is -0.293. The van der Waals surface area contributed by atoms with Crippen LogP contribution in [0.4, 0.5) is 11.4 Å². The summed E-state index contributed by atoms with van der Waals surface area (Å²) in [7, 11) is 1.40. The van der Waals surface area contributed by atoms with E-state index in [0.717, 1.165) is 6.07 Å². The molecule has 33 heavy (non-hydrogen) atoms. The van der Waals surface area contributed by atoms with Crippen molar-refractivity contribution in [3.05, 3.63) is 98.1 Å². The molecule has 3 rings (SSSR count). The van der Waals surface area contributed by atoms with Crippen molar-refractivity contribution in [2.24, 2.45) is 0 Å². The molecule has 0 spiro atoms. The van der Waals surface area contributed by atoms with Crippen LogP contribution in [0.2, 0.25) is 0 Å². The largest absolute Gasteiger partial charge is 0.493 e. The van der Waals surface area contributed by atoms with E-state index < -0.39 is 21.5 Å². The van der Waals surface area contributed by atoms with Gasteiger partial charge in [-0.2, -0.15) is 0 Å². The fourth-order valence-corrected chi connectivity index (χ4v) is 2.81. The van der Waals surface area contributed by atoms with E-state index in [1.165, 1.54) is 31.4 Å². The lowest BCUT2D eigenvalue weighted by atomic mass is 10.1. The van der Waals surface area contributed by atoms with Crippen molar-refractivity contribution in [1.82, 2.24) is 0 Å². The van der Waals surface area contributed by atoms with Gasteiger partial charge >= 0.3 is 5.97 Å². The third kappa shape index (κ3) is 6.14. The Hall–Kier alpha value is -4.73. The number of nitrogens with zero attached hydrogens (tertiary/aromatic N) is 2. The number of non-ortho nitro benzene ring substituents is 1. The first-order valence-electron chi connectivity index (χ1n) is 9.55. The molecule has 0 aliphatic heterocycles. The van der Waals surface area contributed by atoms with Crippen molar-refractivity contribution in [1.29, 1.82) is 0 Å². The molecule has 0 saturated heterocycles. The average molecular weight is 450 g/mol. The highest BCUT2D eigenvalue weighted by Gasteiger charge is 2.18. The molecule has 0 atom stereocenters. The van der Waals surface area contributed by atoms with Gasteiger partial charge in [0.1, 0.15) is 5.75 Å². The second kappa shape index (κ2) is 10.5. The van der Waals surface area contributed by atoms with Crippen LogP contribution in [0.25, 0.3) is 12.2 Å². The number of esters is 1. The van der Waals surface area contributed by atoms with Crippen LogP contribution in [0.15, 0.2) is 66.7 Å². The number of methoxy groups -OCH3 is 1. The Morgan fingerprint density at radius 2 is 1.67 bits per heavy atom. The molecule has 10 nitrogen and oxygen atoms in total. The van der Waals surface area contributed by atoms with E-state index in [0.29, 0.717) is 11.3 Å². The number of para-hydroxylation sites is 1. The number of ether oxygens (including phenoxy) is 3. The van der Waals surface area contributed by atoms with Crippen molar-refractivity contribution in [2.75, 3.05) is 13.7 Å². The standard InChI is InChI=1S/C23H18N2O8/c1-31-22-13-16(7-9-17-10-11-18(24(27)28)14-20(17)25(29)30)8-12-21(22)33-23(26)15-32-19-5-3-2-4-6-19/h2-14H,15H2,1H3. The predicted molar refractivity (Wildman–Crippen MR) is 119 cm³/mol. The van der Waals surface area contributed by atoms with Crippen LogP contribution in [-0.2, 0) is 4.79 Å². The van der Waals surface area contributed by atoms with Gasteiger partial charge in [0.05, 0.1) is 28.6 Å². The molecule has 0 amide bonds. The van der Waals surface area contributed by atoms with Gasteiger partial charge in [-0.25, -0.2) is 4.79 Å². The van der Waals surface area contributed by atoms with E-state index >= 15 is 0 Å². The first kappa shape index (κ1) is 22.9. The van der Waals surface area contributed by atoms with Crippen molar-refractivity contribution >= 4 is 29.5 Å². The second-order valence-corrected chi connectivity index (χ2v) is 6.58. The summed E-state index contributed by atoms with van der Waals surface area (Å²) in [5, 5.41) is 22.1. The Morgan fingerprint density at radius 1 is 0.909 bits per heavy atom. The van der Waals surface area contributed by atoms with Crippen LogP contribution in [0, 0.1) is 20.2 Å². The smallest absolute Gasteiger partial charge is 0.349 e. The summed E-state index contributed by atoms with van der Waals surface area (Å²) in [4.78, 5) is 32.8. The minimum absolute atomic E-state index is 0.178. The Bertz CT molecular complexity index is 1210. The van der Waals surface area contributed by atoms with Crippen LogP contribution in [0.1, 0.15) is 11.1 Å². The van der Waals surface area contributed by atoms with E-state index in [9.17, 15) is 25.0 Å². The van der Waals surface area contributed by atoms with Gasteiger partial charge in [0.15, 0.2) is 18.1 Å². The van der Waals surface area contributed by atoms with Gasteiger partial charge in [0.25, 0.3) is 11.4 Å². The minimum Gasteiger partial charge on any atom is -0.493 e. The zero-order valence-electron chi connectivity index (χ0n) is 17.4. The summed E-state index contributed by atoms with van der Waals surface area (Å²) in [6.07, 6.45) is 3.02. The quantitative estimate of drug-likeness (QED) is 0.151. The van der Waals surface area contributed by atoms with Crippen LogP contribution in [-0.4, -0.2) is 29.5 Å². The Labute approximate surface area is 187 Å². The molecule has 0 aromatic heterocycles. The number of rotatable bonds is 9. The number of hydrogen-bond acceptors (Lipinski definition) is 8. The molecule has 0 aliphatic rings. The fraction of sp³-hybridized carbons (Fsp3) is 0.0870. The summed E-state index contributed by atoms with van der Waals surface area (Å²) in [6, 6.07) is 16.9. The average Bonchev–Trinajstić information content (AvgIpc) is 2.82. The van der Waals surface area contributed by atoms with Crippen molar-refractivity contribution < 1.29 is 28.9 Å². The highest BCUT2D eigenvalue weighted by atomic mass is 16.6. The molecule has 0 aliphatic carbocycles. The van der Waals surface area contributed by atoms with Crippen molar-refractivity contribution in [3.8, 4) is 17.2 Å². The zero-order chi connectivity index (χ0) is 23.8. The summed E-state index contributed by atoms with van der Waals surface area (Å²) >= 11 is 0. The SMILES string of the molecule is COc1cc(C=Cc2ccc([N+](=O)[O-])cc2[N+](=O)[O-])ccc1OC(=O)COc1ccccc1. The van der Waals surface area contributed by atoms with Crippen molar-refractivity contribution in [2.45, 2.75) is 0 Å². The number of benzene rings is 3. The molecule has 168 valence electrons. The highest BCUT2D eigenvalue weighted by Crippen LogP contribution is 2.30. The van der Waals surface area contributed by atoms with Crippen molar-refractivity contribution in [3.63, 3.8) is 0 Å². The van der Waals surface area contributed by atoms with Crippen LogP contribution in [0.3, 0.4) is 0 Å². The number of carbonyl (C=O) groups excluding carboxylic acids is 1. The molecule has 0 N–H and O–H groups in total. The Morgan fingerprint density at radius 3 is 2.33 bits per heavy atom. The highest BCUT2D eigenvalue weighted by molar-refractivity contribution is 5.77. The molecular formula is C23H18N2O8. The second-order valence-electron chi connectivity index (χ2n) is 6.58. The molecule has 0 bridgehead atoms. The Kier molecular flexibility index (Phi) is 7.32. The van der Waals surface area contributed by atoms with E-state index in [2.05, 4.69) is 0 Å². The van der Waals surface area contributed by atoms with Crippen LogP contribution in [0.5, 0.6) is 17.2 Å². The number of nitro groups is 2. The number of carbonyl (C=O) groups is 1. The summed E-state index contributed by atoms with van der Waals surface area (Å²) < 4.78 is 15.9. The lowest BCUT2D eigenvalue weighted by Gasteiger charge is -2.10. The molecule has 3 aromatic carbocycles. The van der Waals surface area contributed by atoms with E-state index in [-0.39, 0.29) is 29.4 Å². The Balaban J connectivity index is 1.73. The topological polar surface area (TPSA) is 131 Å². The lowest BCUT2D eigenvalue weighted by Crippen LogP contribution is -2.18. The molecule has 0 radical (unpaired) electrons. The maximum atomic E-state index is 12.1. The lowest BCUT2D eigenvalue weighted by molar-refractivity contribution is -0.394. The predicted octanol–water partition coefficient (Wildman–Crippen LogP) is 4.67. The van der Waals surface area contributed by atoms with Gasteiger partial charge in [-0.05, 0) is 42.0 Å². The third-order valence-corrected chi connectivity index (χ3v) is 4.39. The van der Waals surface area contributed by atoms with Gasteiger partial charge < -0.3 is 14.2 Å². The van der Waals surface area contributed by atoms with Crippen LogP contribution >= 0.6 is 0 Å². The normalized spacial score (nSPS) is 10.6. The van der Waals surface area contributed by atoms with Gasteiger partial charge in [-0.1, -0.05) is 30.3 Å². The number of hydrogen-bond donors (Lipinski definition) is 0. The first-order chi connectivity index (χ1) is 15.9. The molecule has 3 aromatic rings. The molecular weight excluding hydrogens is 432 g/mol. The maximum Gasteiger partial charge on any atom is 0.349 e. The maximum absolute atomic E-state index is 12.1. The minimum atomic E-state index is -0.698. The first-order valence-corrected chi connectivity index (χ1v) is 9.55. The van der Waals surface area contributed by atoms with Gasteiger partial charge in [0.2, 0.25) is 0 Å². The third-order valence-electron chi connectivity index (χ3n) is 4.39. The number of nitro benzene ring substituents is 2. The molecule has 10 heteroatoms. The van der Waals surface area contributed by atoms with Gasteiger partial charge in [0, 0.05) is 6.07 Å². The van der Waals surface area contributed by atoms with Gasteiger partial charge in [-0.15, -0.1) is 0 Å². The van der Waals surface area contributed by atoms with Crippen LogP contribution < -0.4 is 14.2 Å². The molecule has 0 fully saturated rings. The monoisotopic (exact) mass is 450 g/mol. The fourth-order valence-electron chi connectivity index (χ4n) is 2.81. The van der Waals surface area contributed by atoms with Gasteiger partial charge in [-0.3, -0.25) is 20.2 Å². The van der Waals surface area contributed by atoms with E-state index in [1.807, 2.05) is 6.07 Å². The molecule has 0 unspecified atom stereocenters. The summed E-state index contributed by atoms with van der Waals surface area (Å²) in [5.41, 5.74) is 0.0253. The van der Waals surface area contributed by atoms with E-state index in [1.54, 1.807) is 42.5 Å². The molecule has 0 heterocycles. The van der Waals surface area contributed by atoms with E-state index in [4.69, 9.17) is 14.2 Å².